The Hall–Kier alpha value is -2.08. The normalized spacial score (nSPS) is 10.6. The summed E-state index contributed by atoms with van der Waals surface area (Å²) in [5.41, 5.74) is 1.64. The number of thioether (sulfide) groups is 1. The second kappa shape index (κ2) is 7.97. The van der Waals surface area contributed by atoms with Gasteiger partial charge in [-0.3, -0.25) is 9.36 Å². The highest BCUT2D eigenvalue weighted by molar-refractivity contribution is 7.99. The van der Waals surface area contributed by atoms with E-state index < -0.39 is 0 Å². The summed E-state index contributed by atoms with van der Waals surface area (Å²) in [4.78, 5) is 18.3. The Balaban J connectivity index is 2.06. The molecule has 0 atom stereocenters. The summed E-state index contributed by atoms with van der Waals surface area (Å²) in [5.74, 6) is 0.0177. The first-order valence-electron chi connectivity index (χ1n) is 7.35. The van der Waals surface area contributed by atoms with E-state index in [-0.39, 0.29) is 17.5 Å². The molecule has 0 aliphatic heterocycles. The molecule has 2 aromatic rings. The van der Waals surface area contributed by atoms with Gasteiger partial charge in [-0.15, -0.1) is 0 Å². The fourth-order valence-corrected chi connectivity index (χ4v) is 3.01. The number of carbonyl (C=O) groups is 1. The van der Waals surface area contributed by atoms with Gasteiger partial charge in [0, 0.05) is 25.5 Å². The Morgan fingerprint density at radius 1 is 1.48 bits per heavy atom. The van der Waals surface area contributed by atoms with Crippen LogP contribution in [0, 0.1) is 5.82 Å². The molecule has 0 N–H and O–H groups in total. The Bertz CT molecular complexity index is 699. The van der Waals surface area contributed by atoms with Crippen LogP contribution in [0.2, 0.25) is 0 Å². The molecular formula is C17H20FN3OS. The van der Waals surface area contributed by atoms with Gasteiger partial charge in [-0.1, -0.05) is 30.0 Å². The van der Waals surface area contributed by atoms with Crippen molar-refractivity contribution in [2.75, 3.05) is 18.8 Å². The van der Waals surface area contributed by atoms with Crippen molar-refractivity contribution in [3.05, 3.63) is 54.6 Å². The van der Waals surface area contributed by atoms with E-state index in [4.69, 9.17) is 0 Å². The van der Waals surface area contributed by atoms with Crippen LogP contribution >= 0.6 is 11.8 Å². The monoisotopic (exact) mass is 333 g/mol. The van der Waals surface area contributed by atoms with E-state index in [1.54, 1.807) is 34.0 Å². The maximum atomic E-state index is 13.4. The minimum atomic E-state index is -0.304. The Kier molecular flexibility index (Phi) is 5.98. The molecule has 23 heavy (non-hydrogen) atoms. The fourth-order valence-electron chi connectivity index (χ4n) is 2.14. The molecule has 1 aromatic carbocycles. The van der Waals surface area contributed by atoms with Crippen LogP contribution in [0.15, 0.2) is 54.0 Å². The highest BCUT2D eigenvalue weighted by Gasteiger charge is 2.14. The number of carbonyl (C=O) groups excluding carboxylic acids is 1. The van der Waals surface area contributed by atoms with Gasteiger partial charge in [-0.05, 0) is 32.0 Å². The third kappa shape index (κ3) is 4.69. The molecule has 0 aliphatic carbocycles. The minimum Gasteiger partial charge on any atom is -0.338 e. The molecule has 0 unspecified atom stereocenters. The van der Waals surface area contributed by atoms with Crippen molar-refractivity contribution in [3.63, 3.8) is 0 Å². The number of aromatic nitrogens is 2. The Morgan fingerprint density at radius 2 is 2.26 bits per heavy atom. The predicted molar refractivity (Wildman–Crippen MR) is 91.3 cm³/mol. The second-order valence-corrected chi connectivity index (χ2v) is 6.16. The van der Waals surface area contributed by atoms with E-state index in [0.29, 0.717) is 23.9 Å². The molecule has 0 bridgehead atoms. The van der Waals surface area contributed by atoms with Crippen LogP contribution in [0.1, 0.15) is 13.8 Å². The highest BCUT2D eigenvalue weighted by Crippen LogP contribution is 2.21. The molecule has 122 valence electrons. The second-order valence-electron chi connectivity index (χ2n) is 5.21. The van der Waals surface area contributed by atoms with Crippen LogP contribution in [0.25, 0.3) is 5.69 Å². The lowest BCUT2D eigenvalue weighted by Gasteiger charge is -2.20. The van der Waals surface area contributed by atoms with Crippen molar-refractivity contribution in [3.8, 4) is 5.69 Å². The zero-order valence-corrected chi connectivity index (χ0v) is 14.1. The lowest BCUT2D eigenvalue weighted by molar-refractivity contribution is -0.127. The maximum Gasteiger partial charge on any atom is 0.233 e. The van der Waals surface area contributed by atoms with E-state index in [1.165, 1.54) is 23.9 Å². The molecule has 0 saturated heterocycles. The SMILES string of the molecule is C=C(C)CN(CC)C(=O)CSc1nccn1-c1cccc(F)c1. The van der Waals surface area contributed by atoms with Crippen LogP contribution in [0.4, 0.5) is 4.39 Å². The molecule has 0 spiro atoms. The van der Waals surface area contributed by atoms with E-state index >= 15 is 0 Å². The van der Waals surface area contributed by atoms with Crippen LogP contribution in [0.5, 0.6) is 0 Å². The third-order valence-electron chi connectivity index (χ3n) is 3.21. The number of benzene rings is 1. The van der Waals surface area contributed by atoms with Gasteiger partial charge in [-0.2, -0.15) is 0 Å². The van der Waals surface area contributed by atoms with Crippen LogP contribution in [-0.2, 0) is 4.79 Å². The van der Waals surface area contributed by atoms with Gasteiger partial charge in [-0.25, -0.2) is 9.37 Å². The van der Waals surface area contributed by atoms with E-state index in [2.05, 4.69) is 11.6 Å². The summed E-state index contributed by atoms with van der Waals surface area (Å²) < 4.78 is 15.1. The molecule has 0 radical (unpaired) electrons. The number of nitrogens with zero attached hydrogens (tertiary/aromatic N) is 3. The number of amides is 1. The van der Waals surface area contributed by atoms with Gasteiger partial charge in [0.25, 0.3) is 0 Å². The fraction of sp³-hybridized carbons (Fsp3) is 0.294. The van der Waals surface area contributed by atoms with Gasteiger partial charge in [0.1, 0.15) is 5.82 Å². The molecule has 4 nitrogen and oxygen atoms in total. The Labute approximate surface area is 140 Å². The first-order chi connectivity index (χ1) is 11.0. The van der Waals surface area contributed by atoms with Crippen LogP contribution in [-0.4, -0.2) is 39.2 Å². The quantitative estimate of drug-likeness (QED) is 0.575. The zero-order valence-electron chi connectivity index (χ0n) is 13.3. The first kappa shape index (κ1) is 17.3. The lowest BCUT2D eigenvalue weighted by atomic mass is 10.3. The summed E-state index contributed by atoms with van der Waals surface area (Å²) in [6.45, 7) is 8.90. The van der Waals surface area contributed by atoms with Gasteiger partial charge in [0.2, 0.25) is 5.91 Å². The zero-order chi connectivity index (χ0) is 16.8. The predicted octanol–water partition coefficient (Wildman–Crippen LogP) is 3.53. The largest absolute Gasteiger partial charge is 0.338 e. The third-order valence-corrected chi connectivity index (χ3v) is 4.16. The topological polar surface area (TPSA) is 38.1 Å². The van der Waals surface area contributed by atoms with Crippen LogP contribution in [0.3, 0.4) is 0 Å². The molecule has 1 amide bonds. The number of hydrogen-bond donors (Lipinski definition) is 0. The van der Waals surface area contributed by atoms with Crippen molar-refractivity contribution >= 4 is 17.7 Å². The Morgan fingerprint density at radius 3 is 2.91 bits per heavy atom. The van der Waals surface area contributed by atoms with Crippen molar-refractivity contribution in [1.82, 2.24) is 14.5 Å². The number of imidazole rings is 1. The van der Waals surface area contributed by atoms with Crippen molar-refractivity contribution < 1.29 is 9.18 Å². The smallest absolute Gasteiger partial charge is 0.233 e. The molecule has 1 aromatic heterocycles. The maximum absolute atomic E-state index is 13.4. The van der Waals surface area contributed by atoms with Gasteiger partial charge < -0.3 is 4.90 Å². The van der Waals surface area contributed by atoms with Gasteiger partial charge >= 0.3 is 0 Å². The van der Waals surface area contributed by atoms with Crippen molar-refractivity contribution in [2.45, 2.75) is 19.0 Å². The van der Waals surface area contributed by atoms with Gasteiger partial charge in [0.05, 0.1) is 11.4 Å². The summed E-state index contributed by atoms with van der Waals surface area (Å²) in [6.07, 6.45) is 3.40. The molecular weight excluding hydrogens is 313 g/mol. The van der Waals surface area contributed by atoms with E-state index in [1.807, 2.05) is 13.8 Å². The summed E-state index contributed by atoms with van der Waals surface area (Å²) in [6, 6.07) is 6.28. The average Bonchev–Trinajstić information content (AvgIpc) is 2.98. The molecule has 0 aliphatic rings. The molecule has 6 heteroatoms. The van der Waals surface area contributed by atoms with Crippen molar-refractivity contribution in [1.29, 1.82) is 0 Å². The summed E-state index contributed by atoms with van der Waals surface area (Å²) in [7, 11) is 0. The van der Waals surface area contributed by atoms with Crippen molar-refractivity contribution in [2.24, 2.45) is 0 Å². The highest BCUT2D eigenvalue weighted by atomic mass is 32.2. The van der Waals surface area contributed by atoms with E-state index in [9.17, 15) is 9.18 Å². The average molecular weight is 333 g/mol. The minimum absolute atomic E-state index is 0.0364. The molecule has 0 saturated carbocycles. The summed E-state index contributed by atoms with van der Waals surface area (Å²) >= 11 is 1.34. The number of hydrogen-bond acceptors (Lipinski definition) is 3. The lowest BCUT2D eigenvalue weighted by Crippen LogP contribution is -2.33. The summed E-state index contributed by atoms with van der Waals surface area (Å²) in [5, 5.41) is 0.662. The number of likely N-dealkylation sites (N-methyl/N-ethyl adjacent to an activating group) is 1. The molecule has 0 fully saturated rings. The number of rotatable bonds is 7. The van der Waals surface area contributed by atoms with E-state index in [0.717, 1.165) is 5.57 Å². The molecule has 2 rings (SSSR count). The standard InChI is InChI=1S/C17H20FN3OS/c1-4-20(11-13(2)3)16(22)12-23-17-19-8-9-21(17)15-7-5-6-14(18)10-15/h5-10H,2,4,11-12H2,1,3H3. The number of halogens is 1. The van der Waals surface area contributed by atoms with Gasteiger partial charge in [0.15, 0.2) is 5.16 Å². The van der Waals surface area contributed by atoms with Crippen LogP contribution < -0.4 is 0 Å². The molecule has 1 heterocycles. The first-order valence-corrected chi connectivity index (χ1v) is 8.34.